The van der Waals surface area contributed by atoms with Crippen molar-refractivity contribution in [2.24, 2.45) is 0 Å². The van der Waals surface area contributed by atoms with Gasteiger partial charge in [-0.2, -0.15) is 5.10 Å². The summed E-state index contributed by atoms with van der Waals surface area (Å²) < 4.78 is 8.29. The van der Waals surface area contributed by atoms with Gasteiger partial charge in [0.15, 0.2) is 0 Å². The first kappa shape index (κ1) is 17.2. The average Bonchev–Trinajstić information content (AvgIpc) is 2.63. The maximum atomic E-state index is 11.7. The van der Waals surface area contributed by atoms with Crippen molar-refractivity contribution in [1.29, 1.82) is 0 Å². The summed E-state index contributed by atoms with van der Waals surface area (Å²) in [5.41, 5.74) is 2.01. The van der Waals surface area contributed by atoms with Crippen molar-refractivity contribution in [3.8, 4) is 0 Å². The van der Waals surface area contributed by atoms with Crippen molar-refractivity contribution >= 4 is 21.8 Å². The Bertz CT molecular complexity index is 444. The van der Waals surface area contributed by atoms with E-state index in [1.807, 2.05) is 32.4 Å². The largest absolute Gasteiger partial charge is 0.379 e. The van der Waals surface area contributed by atoms with Crippen LogP contribution in [0.1, 0.15) is 38.1 Å². The molecular formula is C14H24BrN3O2. The highest BCUT2D eigenvalue weighted by molar-refractivity contribution is 9.10. The van der Waals surface area contributed by atoms with E-state index in [-0.39, 0.29) is 12.0 Å². The number of carbonyl (C=O) groups is 1. The Morgan fingerprint density at radius 3 is 2.70 bits per heavy atom. The quantitative estimate of drug-likeness (QED) is 0.736. The third-order valence-electron chi connectivity index (χ3n) is 2.94. The van der Waals surface area contributed by atoms with Gasteiger partial charge in [0.2, 0.25) is 5.91 Å². The zero-order valence-corrected chi connectivity index (χ0v) is 14.3. The Morgan fingerprint density at radius 2 is 2.15 bits per heavy atom. The Kier molecular flexibility index (Phi) is 7.23. The molecule has 0 fully saturated rings. The van der Waals surface area contributed by atoms with Crippen molar-refractivity contribution in [1.82, 2.24) is 15.1 Å². The molecule has 1 N–H and O–H groups in total. The molecule has 1 rings (SSSR count). The molecule has 0 radical (unpaired) electrons. The molecular weight excluding hydrogens is 322 g/mol. The first-order valence-electron chi connectivity index (χ1n) is 6.99. The van der Waals surface area contributed by atoms with Gasteiger partial charge < -0.3 is 10.1 Å². The number of hydrogen-bond donors (Lipinski definition) is 1. The van der Waals surface area contributed by atoms with Gasteiger partial charge in [-0.05, 0) is 50.0 Å². The third-order valence-corrected chi connectivity index (χ3v) is 4.09. The lowest BCUT2D eigenvalue weighted by atomic mass is 10.3. The molecule has 0 aliphatic heterocycles. The number of aryl methyl sites for hydroxylation is 2. The van der Waals surface area contributed by atoms with Crippen molar-refractivity contribution in [3.05, 3.63) is 15.9 Å². The summed E-state index contributed by atoms with van der Waals surface area (Å²) in [6.07, 6.45) is 1.53. The summed E-state index contributed by atoms with van der Waals surface area (Å²) >= 11 is 3.48. The molecule has 0 saturated heterocycles. The summed E-state index contributed by atoms with van der Waals surface area (Å²) in [7, 11) is 0. The number of nitrogens with one attached hydrogen (secondary N) is 1. The molecule has 1 aromatic rings. The highest BCUT2D eigenvalue weighted by atomic mass is 79.9. The molecule has 0 aliphatic carbocycles. The molecule has 0 aromatic carbocycles. The number of rotatable bonds is 8. The van der Waals surface area contributed by atoms with E-state index >= 15 is 0 Å². The van der Waals surface area contributed by atoms with Gasteiger partial charge >= 0.3 is 0 Å². The molecule has 0 saturated carbocycles. The third kappa shape index (κ3) is 5.63. The number of halogens is 1. The van der Waals surface area contributed by atoms with E-state index in [2.05, 4.69) is 26.3 Å². The van der Waals surface area contributed by atoms with Gasteiger partial charge in [-0.15, -0.1) is 0 Å². The second-order valence-corrected chi connectivity index (χ2v) is 5.87. The van der Waals surface area contributed by atoms with E-state index in [4.69, 9.17) is 4.74 Å². The second-order valence-electron chi connectivity index (χ2n) is 5.08. The Labute approximate surface area is 129 Å². The number of carbonyl (C=O) groups excluding carboxylic acids is 1. The zero-order chi connectivity index (χ0) is 15.1. The molecule has 0 atom stereocenters. The Hall–Kier alpha value is -0.880. The summed E-state index contributed by atoms with van der Waals surface area (Å²) in [5, 5.41) is 7.28. The smallest absolute Gasteiger partial charge is 0.221 e. The molecule has 1 amide bonds. The van der Waals surface area contributed by atoms with Gasteiger partial charge in [0.05, 0.1) is 22.8 Å². The minimum absolute atomic E-state index is 0.0539. The summed E-state index contributed by atoms with van der Waals surface area (Å²) in [6.45, 7) is 9.89. The van der Waals surface area contributed by atoms with E-state index in [0.717, 1.165) is 22.3 Å². The first-order chi connectivity index (χ1) is 9.41. The highest BCUT2D eigenvalue weighted by Gasteiger charge is 2.09. The maximum absolute atomic E-state index is 11.7. The fourth-order valence-electron chi connectivity index (χ4n) is 1.81. The van der Waals surface area contributed by atoms with Crippen molar-refractivity contribution in [3.63, 3.8) is 0 Å². The number of amides is 1. The summed E-state index contributed by atoms with van der Waals surface area (Å²) in [6, 6.07) is 0. The van der Waals surface area contributed by atoms with E-state index < -0.39 is 0 Å². The van der Waals surface area contributed by atoms with E-state index in [1.54, 1.807) is 0 Å². The predicted octanol–water partition coefficient (Wildman–Crippen LogP) is 2.58. The second kappa shape index (κ2) is 8.42. The van der Waals surface area contributed by atoms with Crippen molar-refractivity contribution < 1.29 is 9.53 Å². The van der Waals surface area contributed by atoms with Crippen LogP contribution in [-0.4, -0.2) is 34.9 Å². The fourth-order valence-corrected chi connectivity index (χ4v) is 2.09. The number of nitrogens with zero attached hydrogens (tertiary/aromatic N) is 2. The van der Waals surface area contributed by atoms with Crippen molar-refractivity contribution in [2.45, 2.75) is 53.2 Å². The topological polar surface area (TPSA) is 56.2 Å². The van der Waals surface area contributed by atoms with Gasteiger partial charge in [-0.3, -0.25) is 9.48 Å². The monoisotopic (exact) mass is 345 g/mol. The van der Waals surface area contributed by atoms with E-state index in [1.165, 1.54) is 0 Å². The predicted molar refractivity (Wildman–Crippen MR) is 82.7 cm³/mol. The molecule has 6 heteroatoms. The van der Waals surface area contributed by atoms with Crippen LogP contribution >= 0.6 is 15.9 Å². The Morgan fingerprint density at radius 1 is 1.45 bits per heavy atom. The molecule has 0 unspecified atom stereocenters. The molecule has 0 aliphatic rings. The SMILES string of the molecule is Cc1nn(CCC(=O)NCCCOC(C)C)c(C)c1Br. The van der Waals surface area contributed by atoms with Crippen LogP contribution in [0.3, 0.4) is 0 Å². The molecule has 114 valence electrons. The minimum atomic E-state index is 0.0539. The summed E-state index contributed by atoms with van der Waals surface area (Å²) in [4.78, 5) is 11.7. The van der Waals surface area contributed by atoms with Crippen LogP contribution in [0.2, 0.25) is 0 Å². The van der Waals surface area contributed by atoms with E-state index in [0.29, 0.717) is 26.1 Å². The number of hydrogen-bond acceptors (Lipinski definition) is 3. The van der Waals surface area contributed by atoms with Gasteiger partial charge in [-0.1, -0.05) is 0 Å². The normalized spacial score (nSPS) is 11.1. The lowest BCUT2D eigenvalue weighted by molar-refractivity contribution is -0.121. The average molecular weight is 346 g/mol. The number of aromatic nitrogens is 2. The molecule has 1 heterocycles. The molecule has 5 nitrogen and oxygen atoms in total. The maximum Gasteiger partial charge on any atom is 0.221 e. The molecule has 0 spiro atoms. The first-order valence-corrected chi connectivity index (χ1v) is 7.79. The van der Waals surface area contributed by atoms with Gasteiger partial charge in [0.1, 0.15) is 0 Å². The highest BCUT2D eigenvalue weighted by Crippen LogP contribution is 2.19. The van der Waals surface area contributed by atoms with Gasteiger partial charge in [-0.25, -0.2) is 0 Å². The van der Waals surface area contributed by atoms with Gasteiger partial charge in [0.25, 0.3) is 0 Å². The summed E-state index contributed by atoms with van der Waals surface area (Å²) in [5.74, 6) is 0.0539. The minimum Gasteiger partial charge on any atom is -0.379 e. The van der Waals surface area contributed by atoms with E-state index in [9.17, 15) is 4.79 Å². The molecule has 0 bridgehead atoms. The van der Waals surface area contributed by atoms with Crippen LogP contribution < -0.4 is 5.32 Å². The van der Waals surface area contributed by atoms with Crippen LogP contribution in [0.4, 0.5) is 0 Å². The van der Waals surface area contributed by atoms with Gasteiger partial charge in [0, 0.05) is 25.3 Å². The van der Waals surface area contributed by atoms with Crippen LogP contribution in [0.25, 0.3) is 0 Å². The zero-order valence-electron chi connectivity index (χ0n) is 12.7. The van der Waals surface area contributed by atoms with Crippen LogP contribution in [0, 0.1) is 13.8 Å². The van der Waals surface area contributed by atoms with Crippen LogP contribution in [-0.2, 0) is 16.1 Å². The number of ether oxygens (including phenoxy) is 1. The molecule has 20 heavy (non-hydrogen) atoms. The van der Waals surface area contributed by atoms with Crippen molar-refractivity contribution in [2.75, 3.05) is 13.2 Å². The lowest BCUT2D eigenvalue weighted by Gasteiger charge is -2.08. The molecule has 1 aromatic heterocycles. The fraction of sp³-hybridized carbons (Fsp3) is 0.714. The Balaban J connectivity index is 2.21. The van der Waals surface area contributed by atoms with Crippen LogP contribution in [0.5, 0.6) is 0 Å². The standard InChI is InChI=1S/C14H24BrN3O2/c1-10(2)20-9-5-7-16-13(19)6-8-18-12(4)14(15)11(3)17-18/h10H,5-9H2,1-4H3,(H,16,19). The lowest BCUT2D eigenvalue weighted by Crippen LogP contribution is -2.26. The van der Waals surface area contributed by atoms with Crippen LogP contribution in [0.15, 0.2) is 4.47 Å².